The van der Waals surface area contributed by atoms with Gasteiger partial charge in [-0.25, -0.2) is 0 Å². The Morgan fingerprint density at radius 2 is 1.62 bits per heavy atom. The minimum Gasteiger partial charge on any atom is -0.341 e. The highest BCUT2D eigenvalue weighted by Gasteiger charge is 2.21. The highest BCUT2D eigenvalue weighted by atomic mass is 16.2. The lowest BCUT2D eigenvalue weighted by molar-refractivity contribution is -0.129. The Kier molecular flexibility index (Phi) is 5.71. The van der Waals surface area contributed by atoms with Crippen LogP contribution in [0.1, 0.15) is 36.5 Å². The third-order valence-electron chi connectivity index (χ3n) is 4.95. The molecule has 1 aliphatic rings. The zero-order chi connectivity index (χ0) is 18.5. The molecule has 1 heterocycles. The predicted octanol–water partition coefficient (Wildman–Crippen LogP) is 3.58. The number of amides is 2. The zero-order valence-electron chi connectivity index (χ0n) is 15.6. The molecule has 2 aromatic rings. The fraction of sp³-hybridized carbons (Fsp3) is 0.364. The summed E-state index contributed by atoms with van der Waals surface area (Å²) in [5.74, 6) is 0.275. The van der Waals surface area contributed by atoms with E-state index in [2.05, 4.69) is 31.2 Å². The van der Waals surface area contributed by atoms with E-state index in [-0.39, 0.29) is 11.8 Å². The highest BCUT2D eigenvalue weighted by Crippen LogP contribution is 2.22. The Labute approximate surface area is 155 Å². The van der Waals surface area contributed by atoms with Crippen LogP contribution < -0.4 is 4.90 Å². The van der Waals surface area contributed by atoms with Crippen LogP contribution in [0.3, 0.4) is 0 Å². The minimum atomic E-state index is 0.0922. The van der Waals surface area contributed by atoms with E-state index >= 15 is 0 Å². The highest BCUT2D eigenvalue weighted by molar-refractivity contribution is 5.95. The largest absolute Gasteiger partial charge is 0.341 e. The number of carbonyl (C=O) groups excluding carboxylic acids is 2. The zero-order valence-corrected chi connectivity index (χ0v) is 15.6. The number of nitrogens with zero attached hydrogens (tertiary/aromatic N) is 2. The number of anilines is 1. The van der Waals surface area contributed by atoms with Crippen LogP contribution >= 0.6 is 0 Å². The van der Waals surface area contributed by atoms with Crippen LogP contribution in [0, 0.1) is 0 Å². The molecule has 4 heteroatoms. The first-order chi connectivity index (χ1) is 12.6. The molecule has 4 nitrogen and oxygen atoms in total. The summed E-state index contributed by atoms with van der Waals surface area (Å²) in [5.41, 5.74) is 4.34. The maximum absolute atomic E-state index is 12.5. The fourth-order valence-electron chi connectivity index (χ4n) is 3.27. The summed E-state index contributed by atoms with van der Waals surface area (Å²) in [7, 11) is 1.84. The maximum Gasteiger partial charge on any atom is 0.227 e. The average Bonchev–Trinajstić information content (AvgIpc) is 3.09. The van der Waals surface area contributed by atoms with Gasteiger partial charge in [0.25, 0.3) is 0 Å². The van der Waals surface area contributed by atoms with E-state index in [4.69, 9.17) is 0 Å². The first-order valence-corrected chi connectivity index (χ1v) is 9.28. The fourth-order valence-corrected chi connectivity index (χ4v) is 3.27. The summed E-state index contributed by atoms with van der Waals surface area (Å²) < 4.78 is 0. The lowest BCUT2D eigenvalue weighted by atomic mass is 10.1. The van der Waals surface area contributed by atoms with Crippen LogP contribution in [0.2, 0.25) is 0 Å². The van der Waals surface area contributed by atoms with Crippen LogP contribution in [0.15, 0.2) is 48.5 Å². The Hall–Kier alpha value is -2.62. The molecule has 0 saturated carbocycles. The van der Waals surface area contributed by atoms with Crippen molar-refractivity contribution >= 4 is 17.5 Å². The van der Waals surface area contributed by atoms with Gasteiger partial charge in [-0.1, -0.05) is 43.3 Å². The first-order valence-electron chi connectivity index (χ1n) is 9.28. The molecule has 0 N–H and O–H groups in total. The Morgan fingerprint density at radius 3 is 2.19 bits per heavy atom. The van der Waals surface area contributed by atoms with Crippen molar-refractivity contribution < 1.29 is 9.59 Å². The molecule has 136 valence electrons. The van der Waals surface area contributed by atoms with Gasteiger partial charge in [-0.2, -0.15) is 0 Å². The molecule has 0 aromatic heterocycles. The third-order valence-corrected chi connectivity index (χ3v) is 4.95. The average molecular weight is 350 g/mol. The molecule has 2 amide bonds. The van der Waals surface area contributed by atoms with Crippen molar-refractivity contribution in [2.75, 3.05) is 18.5 Å². The van der Waals surface area contributed by atoms with E-state index in [9.17, 15) is 9.59 Å². The van der Waals surface area contributed by atoms with Gasteiger partial charge < -0.3 is 9.80 Å². The van der Waals surface area contributed by atoms with Gasteiger partial charge in [-0.15, -0.1) is 0 Å². The van der Waals surface area contributed by atoms with Gasteiger partial charge in [-0.05, 0) is 41.7 Å². The number of rotatable bonds is 6. The molecule has 0 unspecified atom stereocenters. The standard InChI is InChI=1S/C22H26N2O2/c1-3-17-6-8-19(9-7-17)16-23(2)22(26)15-18-10-12-20(13-11-18)24-14-4-5-21(24)25/h6-13H,3-5,14-16H2,1-2H3. The second-order valence-corrected chi connectivity index (χ2v) is 6.91. The van der Waals surface area contributed by atoms with Gasteiger partial charge in [0, 0.05) is 32.2 Å². The quantitative estimate of drug-likeness (QED) is 0.799. The van der Waals surface area contributed by atoms with E-state index in [1.54, 1.807) is 4.90 Å². The summed E-state index contributed by atoms with van der Waals surface area (Å²) in [6.07, 6.45) is 2.94. The Balaban J connectivity index is 1.57. The molecular weight excluding hydrogens is 324 g/mol. The van der Waals surface area contributed by atoms with Gasteiger partial charge in [0.15, 0.2) is 0 Å². The topological polar surface area (TPSA) is 40.6 Å². The first kappa shape index (κ1) is 18.2. The van der Waals surface area contributed by atoms with E-state index in [1.807, 2.05) is 36.2 Å². The van der Waals surface area contributed by atoms with Gasteiger partial charge in [-0.3, -0.25) is 9.59 Å². The SMILES string of the molecule is CCc1ccc(CN(C)C(=O)Cc2ccc(N3CCCC3=O)cc2)cc1. The molecule has 0 bridgehead atoms. The molecule has 1 saturated heterocycles. The van der Waals surface area contributed by atoms with E-state index < -0.39 is 0 Å². The lowest BCUT2D eigenvalue weighted by Gasteiger charge is -2.18. The van der Waals surface area contributed by atoms with Gasteiger partial charge in [0.05, 0.1) is 6.42 Å². The van der Waals surface area contributed by atoms with Crippen LogP contribution in [0.4, 0.5) is 5.69 Å². The number of aryl methyl sites for hydroxylation is 1. The summed E-state index contributed by atoms with van der Waals surface area (Å²) in [5, 5.41) is 0. The predicted molar refractivity (Wildman–Crippen MR) is 104 cm³/mol. The molecule has 3 rings (SSSR count). The minimum absolute atomic E-state index is 0.0922. The van der Waals surface area contributed by atoms with E-state index in [0.717, 1.165) is 36.2 Å². The van der Waals surface area contributed by atoms with Crippen LogP contribution in [0.25, 0.3) is 0 Å². The normalized spacial score (nSPS) is 13.9. The molecular formula is C22H26N2O2. The summed E-state index contributed by atoms with van der Waals surface area (Å²) in [6.45, 7) is 3.54. The lowest BCUT2D eigenvalue weighted by Crippen LogP contribution is -2.27. The summed E-state index contributed by atoms with van der Waals surface area (Å²) in [6, 6.07) is 16.2. The van der Waals surface area contributed by atoms with Crippen molar-refractivity contribution in [3.63, 3.8) is 0 Å². The molecule has 1 fully saturated rings. The number of hydrogen-bond donors (Lipinski definition) is 0. The van der Waals surface area contributed by atoms with Crippen molar-refractivity contribution in [3.05, 3.63) is 65.2 Å². The Morgan fingerprint density at radius 1 is 1.00 bits per heavy atom. The van der Waals surface area contributed by atoms with Crippen molar-refractivity contribution in [1.82, 2.24) is 4.90 Å². The molecule has 26 heavy (non-hydrogen) atoms. The van der Waals surface area contributed by atoms with Crippen LogP contribution in [0.5, 0.6) is 0 Å². The molecule has 0 spiro atoms. The van der Waals surface area contributed by atoms with Crippen molar-refractivity contribution in [2.24, 2.45) is 0 Å². The number of carbonyl (C=O) groups is 2. The smallest absolute Gasteiger partial charge is 0.227 e. The van der Waals surface area contributed by atoms with E-state index in [0.29, 0.717) is 19.4 Å². The molecule has 1 aliphatic heterocycles. The second kappa shape index (κ2) is 8.17. The molecule has 0 atom stereocenters. The van der Waals surface area contributed by atoms with Crippen molar-refractivity contribution in [1.29, 1.82) is 0 Å². The van der Waals surface area contributed by atoms with Crippen molar-refractivity contribution in [2.45, 2.75) is 39.2 Å². The summed E-state index contributed by atoms with van der Waals surface area (Å²) >= 11 is 0. The van der Waals surface area contributed by atoms with Crippen LogP contribution in [-0.2, 0) is 29.0 Å². The van der Waals surface area contributed by atoms with Gasteiger partial charge in [0.2, 0.25) is 11.8 Å². The van der Waals surface area contributed by atoms with E-state index in [1.165, 1.54) is 5.56 Å². The number of likely N-dealkylation sites (N-methyl/N-ethyl adjacent to an activating group) is 1. The Bertz CT molecular complexity index is 766. The van der Waals surface area contributed by atoms with Crippen LogP contribution in [-0.4, -0.2) is 30.3 Å². The summed E-state index contributed by atoms with van der Waals surface area (Å²) in [4.78, 5) is 27.9. The van der Waals surface area contributed by atoms with Gasteiger partial charge in [0.1, 0.15) is 0 Å². The third kappa shape index (κ3) is 4.31. The number of hydrogen-bond acceptors (Lipinski definition) is 2. The second-order valence-electron chi connectivity index (χ2n) is 6.91. The van der Waals surface area contributed by atoms with Gasteiger partial charge >= 0.3 is 0 Å². The molecule has 0 aliphatic carbocycles. The monoisotopic (exact) mass is 350 g/mol. The maximum atomic E-state index is 12.5. The van der Waals surface area contributed by atoms with Crippen molar-refractivity contribution in [3.8, 4) is 0 Å². The number of benzene rings is 2. The molecule has 0 radical (unpaired) electrons. The molecule has 2 aromatic carbocycles.